The Morgan fingerprint density at radius 2 is 1.73 bits per heavy atom. The maximum atomic E-state index is 14.8. The third kappa shape index (κ3) is 7.22. The van der Waals surface area contributed by atoms with E-state index in [1.54, 1.807) is 5.38 Å². The smallest absolute Gasteiger partial charge is 0.262 e. The first-order valence-corrected chi connectivity index (χ1v) is 16.5. The van der Waals surface area contributed by atoms with Crippen molar-refractivity contribution >= 4 is 51.7 Å². The van der Waals surface area contributed by atoms with Gasteiger partial charge < -0.3 is 25.0 Å². The fourth-order valence-electron chi connectivity index (χ4n) is 5.68. The average Bonchev–Trinajstić information content (AvgIpc) is 3.67. The second-order valence-corrected chi connectivity index (χ2v) is 12.3. The summed E-state index contributed by atoms with van der Waals surface area (Å²) in [4.78, 5) is 69.4. The van der Waals surface area contributed by atoms with Gasteiger partial charge in [-0.25, -0.2) is 13.8 Å². The van der Waals surface area contributed by atoms with Crippen molar-refractivity contribution in [3.63, 3.8) is 0 Å². The molecule has 3 N–H and O–H groups in total. The maximum absolute atomic E-state index is 14.8. The van der Waals surface area contributed by atoms with Gasteiger partial charge in [-0.3, -0.25) is 34.2 Å². The molecule has 2 saturated heterocycles. The minimum Gasteiger partial charge on any atom is -0.480 e. The van der Waals surface area contributed by atoms with Crippen LogP contribution >= 0.6 is 11.3 Å². The van der Waals surface area contributed by atoms with Crippen molar-refractivity contribution in [1.29, 1.82) is 0 Å². The number of halogens is 3. The van der Waals surface area contributed by atoms with E-state index >= 15 is 0 Å². The van der Waals surface area contributed by atoms with Gasteiger partial charge in [-0.2, -0.15) is 4.39 Å². The van der Waals surface area contributed by atoms with Crippen LogP contribution in [-0.2, 0) is 19.1 Å². The van der Waals surface area contributed by atoms with Gasteiger partial charge in [0.2, 0.25) is 17.6 Å². The Balaban J connectivity index is 0.971. The van der Waals surface area contributed by atoms with Crippen LogP contribution in [0.4, 0.5) is 24.0 Å². The summed E-state index contributed by atoms with van der Waals surface area (Å²) in [6.07, 6.45) is 0.868. The number of carbonyl (C=O) groups is 5. The molecule has 0 radical (unpaired) electrons. The molecule has 4 heterocycles. The molecule has 13 nitrogen and oxygen atoms in total. The van der Waals surface area contributed by atoms with E-state index < -0.39 is 65.4 Å². The van der Waals surface area contributed by atoms with E-state index in [4.69, 9.17) is 9.47 Å². The van der Waals surface area contributed by atoms with Gasteiger partial charge in [-0.1, -0.05) is 0 Å². The third-order valence-electron chi connectivity index (χ3n) is 8.22. The fraction of sp³-hybridized carbons (Fsp3) is 0.375. The number of unbranched alkanes of at least 4 members (excludes halogenated alkanes) is 1. The van der Waals surface area contributed by atoms with Gasteiger partial charge in [0.05, 0.1) is 35.7 Å². The van der Waals surface area contributed by atoms with Crippen LogP contribution in [0.1, 0.15) is 46.4 Å². The van der Waals surface area contributed by atoms with Crippen LogP contribution in [0.5, 0.6) is 5.75 Å². The number of nitrogens with one attached hydrogen (secondary N) is 3. The molecule has 0 spiro atoms. The number of thiazole rings is 1. The third-order valence-corrected chi connectivity index (χ3v) is 9.12. The summed E-state index contributed by atoms with van der Waals surface area (Å²) in [5, 5.41) is 10.0. The molecule has 6 rings (SSSR count). The Labute approximate surface area is 281 Å². The van der Waals surface area contributed by atoms with E-state index in [1.165, 1.54) is 23.5 Å². The zero-order chi connectivity index (χ0) is 34.7. The molecule has 49 heavy (non-hydrogen) atoms. The molecule has 3 aliphatic heterocycles. The molecule has 3 aromatic rings. The summed E-state index contributed by atoms with van der Waals surface area (Å²) in [6, 6.07) is 3.32. The van der Waals surface area contributed by atoms with Gasteiger partial charge >= 0.3 is 0 Å². The van der Waals surface area contributed by atoms with Crippen LogP contribution in [0.3, 0.4) is 0 Å². The first-order valence-electron chi connectivity index (χ1n) is 15.6. The number of nitrogens with zero attached hydrogens (tertiary/aromatic N) is 3. The van der Waals surface area contributed by atoms with E-state index in [-0.39, 0.29) is 48.3 Å². The molecule has 5 amide bonds. The number of aromatic nitrogens is 1. The van der Waals surface area contributed by atoms with E-state index in [2.05, 4.69) is 20.9 Å². The largest absolute Gasteiger partial charge is 0.480 e. The monoisotopic (exact) mass is 700 g/mol. The van der Waals surface area contributed by atoms with Gasteiger partial charge in [0, 0.05) is 43.5 Å². The Hall–Kier alpha value is -5.03. The highest BCUT2D eigenvalue weighted by Gasteiger charge is 2.45. The van der Waals surface area contributed by atoms with Crippen molar-refractivity contribution in [2.24, 2.45) is 0 Å². The number of ether oxygens (including phenoxy) is 2. The predicted molar refractivity (Wildman–Crippen MR) is 170 cm³/mol. The van der Waals surface area contributed by atoms with Gasteiger partial charge in [0.1, 0.15) is 11.9 Å². The highest BCUT2D eigenvalue weighted by Crippen LogP contribution is 2.36. The molecule has 2 aromatic carbocycles. The Kier molecular flexibility index (Phi) is 10.1. The van der Waals surface area contributed by atoms with Crippen molar-refractivity contribution < 1.29 is 46.6 Å². The van der Waals surface area contributed by atoms with Crippen molar-refractivity contribution in [2.45, 2.75) is 31.7 Å². The van der Waals surface area contributed by atoms with Crippen LogP contribution in [0.15, 0.2) is 29.6 Å². The lowest BCUT2D eigenvalue weighted by molar-refractivity contribution is -0.136. The SMILES string of the molecule is O=C(COc1c(-c2csc(N3CCOCC3)n2)ccc(F)c1F)NCCCCNc1cc2c(cc1F)C(=O)N(C1CCC(=O)NC1=O)C2=O. The second kappa shape index (κ2) is 14.6. The Morgan fingerprint density at radius 1 is 1.00 bits per heavy atom. The number of fused-ring (bicyclic) bond motifs is 1. The molecule has 0 bridgehead atoms. The normalized spacial score (nSPS) is 17.7. The van der Waals surface area contributed by atoms with Crippen molar-refractivity contribution in [3.8, 4) is 17.0 Å². The molecule has 1 aromatic heterocycles. The van der Waals surface area contributed by atoms with E-state index in [1.807, 2.05) is 4.90 Å². The van der Waals surface area contributed by atoms with Crippen LogP contribution in [-0.4, -0.2) is 91.5 Å². The average molecular weight is 701 g/mol. The number of piperidine rings is 1. The van der Waals surface area contributed by atoms with Gasteiger partial charge in [-0.05, 0) is 43.5 Å². The number of hydrogen-bond donors (Lipinski definition) is 3. The van der Waals surface area contributed by atoms with E-state index in [0.29, 0.717) is 50.0 Å². The summed E-state index contributed by atoms with van der Waals surface area (Å²) < 4.78 is 54.5. The predicted octanol–water partition coefficient (Wildman–Crippen LogP) is 2.85. The zero-order valence-electron chi connectivity index (χ0n) is 26.0. The Bertz CT molecular complexity index is 1820. The standard InChI is InChI=1S/C32H31F3N6O7S/c33-20-4-3-17(23-16-49-32(38-23)40-9-11-47-12-10-40)28(27(20)35)48-15-26(43)37-8-2-1-7-36-22-14-19-18(13-21(22)34)30(45)41(31(19)46)24-5-6-25(42)39-29(24)44/h3-4,13-14,16,24,36H,1-2,5-12,15H2,(H,37,43)(H,39,42,44). The summed E-state index contributed by atoms with van der Waals surface area (Å²) in [5.41, 5.74) is 0.346. The number of morpholine rings is 1. The summed E-state index contributed by atoms with van der Waals surface area (Å²) in [5.74, 6) is -6.93. The minimum atomic E-state index is -1.23. The fourth-order valence-corrected chi connectivity index (χ4v) is 6.56. The molecule has 1 unspecified atom stereocenters. The lowest BCUT2D eigenvalue weighted by Crippen LogP contribution is -2.54. The molecule has 1 atom stereocenters. The molecule has 0 saturated carbocycles. The number of benzene rings is 2. The van der Waals surface area contributed by atoms with Gasteiger partial charge in [-0.15, -0.1) is 11.3 Å². The maximum Gasteiger partial charge on any atom is 0.262 e. The van der Waals surface area contributed by atoms with Crippen molar-refractivity contribution in [1.82, 2.24) is 20.5 Å². The second-order valence-electron chi connectivity index (χ2n) is 11.5. The van der Waals surface area contributed by atoms with E-state index in [0.717, 1.165) is 17.0 Å². The zero-order valence-corrected chi connectivity index (χ0v) is 26.8. The molecule has 0 aliphatic carbocycles. The molecular formula is C32H31F3N6O7S. The number of amides is 5. The number of anilines is 2. The first-order chi connectivity index (χ1) is 23.6. The van der Waals surface area contributed by atoms with Crippen molar-refractivity contribution in [3.05, 3.63) is 58.2 Å². The van der Waals surface area contributed by atoms with Gasteiger partial charge in [0.25, 0.3) is 17.7 Å². The number of rotatable bonds is 12. The van der Waals surface area contributed by atoms with E-state index in [9.17, 15) is 37.1 Å². The summed E-state index contributed by atoms with van der Waals surface area (Å²) in [6.45, 7) is 2.32. The van der Waals surface area contributed by atoms with Crippen LogP contribution < -0.4 is 25.6 Å². The molecular weight excluding hydrogens is 669 g/mol. The summed E-state index contributed by atoms with van der Waals surface area (Å²) >= 11 is 1.35. The molecule has 258 valence electrons. The van der Waals surface area contributed by atoms with Crippen molar-refractivity contribution in [2.75, 3.05) is 56.2 Å². The minimum absolute atomic E-state index is 0.0157. The molecule has 2 fully saturated rings. The first kappa shape index (κ1) is 33.9. The lowest BCUT2D eigenvalue weighted by atomic mass is 10.0. The van der Waals surface area contributed by atoms with Gasteiger partial charge in [0.15, 0.2) is 23.3 Å². The molecule has 17 heteroatoms. The van der Waals surface area contributed by atoms with Crippen LogP contribution in [0.2, 0.25) is 0 Å². The number of imide groups is 2. The Morgan fingerprint density at radius 3 is 2.49 bits per heavy atom. The van der Waals surface area contributed by atoms with Crippen LogP contribution in [0.25, 0.3) is 11.3 Å². The highest BCUT2D eigenvalue weighted by atomic mass is 32.1. The topological polar surface area (TPSA) is 159 Å². The number of carbonyl (C=O) groups excluding carboxylic acids is 5. The quantitative estimate of drug-likeness (QED) is 0.190. The highest BCUT2D eigenvalue weighted by molar-refractivity contribution is 7.14. The summed E-state index contributed by atoms with van der Waals surface area (Å²) in [7, 11) is 0. The lowest BCUT2D eigenvalue weighted by Gasteiger charge is -2.27. The molecule has 3 aliphatic rings. The number of hydrogen-bond acceptors (Lipinski definition) is 11. The van der Waals surface area contributed by atoms with Crippen LogP contribution in [0, 0.1) is 17.5 Å².